The second kappa shape index (κ2) is 22.3. The molecule has 8 rings (SSSR count). The van der Waals surface area contributed by atoms with Gasteiger partial charge >= 0.3 is 5.97 Å². The molecule has 392 valence electrons. The molecule has 2 aromatic heterocycles. The highest BCUT2D eigenvalue weighted by Crippen LogP contribution is 2.43. The van der Waals surface area contributed by atoms with Crippen LogP contribution in [0.4, 0.5) is 11.4 Å². The highest BCUT2D eigenvalue weighted by atomic mass is 16.5. The van der Waals surface area contributed by atoms with Gasteiger partial charge in [0.15, 0.2) is 0 Å². The first kappa shape index (κ1) is 52.8. The van der Waals surface area contributed by atoms with Crippen molar-refractivity contribution in [2.45, 2.75) is 111 Å². The number of methoxy groups -OCH3 is 1. The number of pyridine rings is 1. The Morgan fingerprint density at radius 3 is 2.49 bits per heavy atom. The summed E-state index contributed by atoms with van der Waals surface area (Å²) in [6.07, 6.45) is 4.70. The first-order valence-corrected chi connectivity index (χ1v) is 26.1. The maximum Gasteiger partial charge on any atom is 0.324 e. The van der Waals surface area contributed by atoms with Crippen molar-refractivity contribution >= 4 is 51.9 Å². The molecule has 6 atom stereocenters. The number of hydrogen-bond donors (Lipinski definition) is 2. The van der Waals surface area contributed by atoms with Gasteiger partial charge in [-0.25, -0.2) is 5.43 Å². The summed E-state index contributed by atoms with van der Waals surface area (Å²) in [6, 6.07) is 6.16. The van der Waals surface area contributed by atoms with Crippen LogP contribution in [-0.2, 0) is 51.1 Å². The topological polar surface area (TPSA) is 174 Å². The quantitative estimate of drug-likeness (QED) is 0.205. The number of ether oxygens (including phenoxy) is 3. The van der Waals surface area contributed by atoms with Gasteiger partial charge < -0.3 is 48.6 Å². The van der Waals surface area contributed by atoms with E-state index in [9.17, 15) is 24.0 Å². The van der Waals surface area contributed by atoms with Gasteiger partial charge in [-0.1, -0.05) is 34.3 Å². The molecule has 4 fully saturated rings. The van der Waals surface area contributed by atoms with E-state index in [-0.39, 0.29) is 43.4 Å². The summed E-state index contributed by atoms with van der Waals surface area (Å²) in [5.41, 5.74) is 9.89. The van der Waals surface area contributed by atoms with Crippen molar-refractivity contribution in [2.75, 3.05) is 103 Å². The van der Waals surface area contributed by atoms with Crippen molar-refractivity contribution in [3.8, 4) is 11.3 Å². The molecular weight excluding hydrogens is 917 g/mol. The zero-order valence-electron chi connectivity index (χ0n) is 44.1. The van der Waals surface area contributed by atoms with Crippen LogP contribution in [0.3, 0.4) is 0 Å². The molecule has 0 spiro atoms. The van der Waals surface area contributed by atoms with Crippen molar-refractivity contribution < 1.29 is 38.2 Å². The van der Waals surface area contributed by atoms with Crippen LogP contribution in [0.15, 0.2) is 43.1 Å². The Labute approximate surface area is 425 Å². The Kier molecular flexibility index (Phi) is 16.3. The highest BCUT2D eigenvalue weighted by Gasteiger charge is 2.41. The Morgan fingerprint density at radius 2 is 1.78 bits per heavy atom. The molecule has 4 amide bonds. The molecule has 0 radical (unpaired) electrons. The van der Waals surface area contributed by atoms with Gasteiger partial charge in [0.2, 0.25) is 17.7 Å². The van der Waals surface area contributed by atoms with Crippen LogP contribution in [0.2, 0.25) is 0 Å². The summed E-state index contributed by atoms with van der Waals surface area (Å²) in [6.45, 7) is 22.8. The molecule has 4 saturated heterocycles. The van der Waals surface area contributed by atoms with E-state index in [1.807, 2.05) is 27.0 Å². The number of esters is 1. The molecule has 2 N–H and O–H groups in total. The number of likely N-dealkylation sites (tertiary alicyclic amines) is 1. The second-order valence-corrected chi connectivity index (χ2v) is 21.7. The van der Waals surface area contributed by atoms with Gasteiger partial charge in [0.05, 0.1) is 54.6 Å². The van der Waals surface area contributed by atoms with E-state index in [2.05, 4.69) is 88.7 Å². The van der Waals surface area contributed by atoms with E-state index in [1.54, 1.807) is 19.1 Å². The minimum atomic E-state index is -1.06. The number of aromatic nitrogens is 2. The molecule has 5 aliphatic rings. The molecule has 5 aliphatic heterocycles. The van der Waals surface area contributed by atoms with Crippen LogP contribution < -0.4 is 20.5 Å². The normalized spacial score (nSPS) is 24.2. The maximum atomic E-state index is 14.8. The number of nitrogens with zero attached hydrogens (tertiary/aromatic N) is 8. The molecule has 0 aliphatic carbocycles. The predicted octanol–water partition coefficient (Wildman–Crippen LogP) is 4.40. The van der Waals surface area contributed by atoms with Gasteiger partial charge in [-0.15, -0.1) is 0 Å². The maximum absolute atomic E-state index is 14.8. The van der Waals surface area contributed by atoms with Crippen molar-refractivity contribution in [2.24, 2.45) is 17.3 Å². The molecule has 7 heterocycles. The molecule has 1 unspecified atom stereocenters. The van der Waals surface area contributed by atoms with E-state index < -0.39 is 53.3 Å². The third-order valence-electron chi connectivity index (χ3n) is 15.5. The Balaban J connectivity index is 1.16. The van der Waals surface area contributed by atoms with Gasteiger partial charge in [-0.2, -0.15) is 0 Å². The third-order valence-corrected chi connectivity index (χ3v) is 15.5. The Hall–Kier alpha value is -5.56. The van der Waals surface area contributed by atoms with Crippen LogP contribution in [0.1, 0.15) is 84.6 Å². The van der Waals surface area contributed by atoms with Crippen LogP contribution in [-0.4, -0.2) is 176 Å². The van der Waals surface area contributed by atoms with Gasteiger partial charge in [0.25, 0.3) is 5.91 Å². The smallest absolute Gasteiger partial charge is 0.324 e. The average molecular weight is 995 g/mol. The number of likely N-dealkylation sites (N-methyl/N-ethyl adjacent to an activating group) is 2. The van der Waals surface area contributed by atoms with Gasteiger partial charge in [0, 0.05) is 114 Å². The first-order chi connectivity index (χ1) is 34.4. The SMILES string of the molecule is C=CC(=O)N1CC[C@H](C(=O)N(C)[C@H](C(=O)N[C@H]2CC3CN(CCO3)c3ccc4c(c3)c(c(-c3cc(N5CCN(C)CC5)cnc3[C@H](C)OC)n4CC)CC(C)(C)COC(=O)[C@@H]3CCCN(N3)C2=O)C(C)C)C1. The minimum absolute atomic E-state index is 0.132. The summed E-state index contributed by atoms with van der Waals surface area (Å²) >= 11 is 0. The fraction of sp³-hybridized carbons (Fsp3) is 0.630. The van der Waals surface area contributed by atoms with Gasteiger partial charge in [-0.3, -0.25) is 34.0 Å². The lowest BCUT2D eigenvalue weighted by molar-refractivity contribution is -0.156. The number of hydrogen-bond acceptors (Lipinski definition) is 13. The summed E-state index contributed by atoms with van der Waals surface area (Å²) in [7, 11) is 5.49. The monoisotopic (exact) mass is 995 g/mol. The number of amides is 4. The van der Waals surface area contributed by atoms with Gasteiger partial charge in [0.1, 0.15) is 18.1 Å². The average Bonchev–Trinajstić information content (AvgIpc) is 3.99. The molecule has 6 bridgehead atoms. The van der Waals surface area contributed by atoms with E-state index in [0.29, 0.717) is 65.0 Å². The van der Waals surface area contributed by atoms with E-state index in [0.717, 1.165) is 71.0 Å². The summed E-state index contributed by atoms with van der Waals surface area (Å²) in [5.74, 6) is -2.58. The predicted molar refractivity (Wildman–Crippen MR) is 277 cm³/mol. The number of rotatable bonds is 11. The number of piperazine rings is 1. The largest absolute Gasteiger partial charge is 0.464 e. The van der Waals surface area contributed by atoms with E-state index in [4.69, 9.17) is 19.2 Å². The number of cyclic esters (lactones) is 1. The standard InChI is InChI=1S/C54H78N10O8/c1-11-46(65)62-19-17-36(31-62)51(67)59(9)48(34(3)4)50(66)56-44-28-39-32-61(24-25-71-39)37-15-16-45-40(26-37)42(29-54(6,7)33-72-53(69)43-14-13-18-64(57-43)52(44)68)49(63(45)12-2)41-27-38(30-55-47(41)35(5)70-10)60-22-20-58(8)21-23-60/h11,15-16,26-27,30,34-36,39,43-44,48,57H,1,12-14,17-25,28-29,31-33H2,2-10H3,(H,56,66)/t35-,36-,39?,43-,44-,48-/m0/s1. The fourth-order valence-electron chi connectivity index (χ4n) is 11.4. The summed E-state index contributed by atoms with van der Waals surface area (Å²) in [5, 5.41) is 5.61. The minimum Gasteiger partial charge on any atom is -0.464 e. The molecule has 18 nitrogen and oxygen atoms in total. The Bertz CT molecular complexity index is 2500. The number of aryl methyl sites for hydroxylation is 1. The number of carbonyl (C=O) groups is 5. The molecule has 0 saturated carbocycles. The van der Waals surface area contributed by atoms with Crippen LogP contribution in [0.5, 0.6) is 0 Å². The molecule has 72 heavy (non-hydrogen) atoms. The Morgan fingerprint density at radius 1 is 1.01 bits per heavy atom. The molecule has 18 heteroatoms. The van der Waals surface area contributed by atoms with Crippen LogP contribution in [0.25, 0.3) is 22.2 Å². The zero-order valence-corrected chi connectivity index (χ0v) is 44.1. The fourth-order valence-corrected chi connectivity index (χ4v) is 11.4. The summed E-state index contributed by atoms with van der Waals surface area (Å²) in [4.78, 5) is 85.1. The van der Waals surface area contributed by atoms with E-state index in [1.165, 1.54) is 16.0 Å². The van der Waals surface area contributed by atoms with Crippen molar-refractivity contribution in [3.05, 3.63) is 54.4 Å². The van der Waals surface area contributed by atoms with E-state index >= 15 is 0 Å². The highest BCUT2D eigenvalue weighted by molar-refractivity contribution is 5.96. The number of carbonyl (C=O) groups excluding carboxylic acids is 5. The van der Waals surface area contributed by atoms with Crippen LogP contribution in [0, 0.1) is 17.3 Å². The lowest BCUT2D eigenvalue weighted by Gasteiger charge is -2.39. The number of morpholine rings is 1. The zero-order chi connectivity index (χ0) is 51.6. The van der Waals surface area contributed by atoms with Crippen LogP contribution >= 0.6 is 0 Å². The second-order valence-electron chi connectivity index (χ2n) is 21.7. The molecule has 3 aromatic rings. The molecule has 1 aromatic carbocycles. The van der Waals surface area contributed by atoms with Crippen molar-refractivity contribution in [3.63, 3.8) is 0 Å². The number of benzene rings is 1. The van der Waals surface area contributed by atoms with Crippen molar-refractivity contribution in [1.29, 1.82) is 0 Å². The van der Waals surface area contributed by atoms with Crippen molar-refractivity contribution in [1.82, 2.24) is 40.0 Å². The lowest BCUT2D eigenvalue weighted by Crippen LogP contribution is -2.62. The number of hydrazine groups is 1. The molecular formula is C54H78N10O8. The lowest BCUT2D eigenvalue weighted by atomic mass is 9.84. The third kappa shape index (κ3) is 11.2. The number of fused-ring (bicyclic) bond motifs is 6. The number of anilines is 2. The first-order valence-electron chi connectivity index (χ1n) is 26.1. The number of nitrogens with one attached hydrogen (secondary N) is 2. The summed E-state index contributed by atoms with van der Waals surface area (Å²) < 4.78 is 21.0. The van der Waals surface area contributed by atoms with Gasteiger partial charge in [-0.05, 0) is 88.4 Å².